The lowest BCUT2D eigenvalue weighted by molar-refractivity contribution is -0.119. The molecule has 2 amide bonds. The van der Waals surface area contributed by atoms with Crippen molar-refractivity contribution in [3.8, 4) is 0 Å². The van der Waals surface area contributed by atoms with E-state index in [4.69, 9.17) is 4.74 Å². The van der Waals surface area contributed by atoms with Crippen LogP contribution in [0, 0.1) is 0 Å². The molecule has 0 bridgehead atoms. The predicted octanol–water partition coefficient (Wildman–Crippen LogP) is 1.96. The number of nitrogens with one attached hydrogen (secondary N) is 2. The minimum Gasteiger partial charge on any atom is -0.452 e. The van der Waals surface area contributed by atoms with E-state index < -0.39 is 18.5 Å². The highest BCUT2D eigenvalue weighted by Gasteiger charge is 2.15. The minimum atomic E-state index is -0.619. The Morgan fingerprint density at radius 2 is 2.00 bits per heavy atom. The van der Waals surface area contributed by atoms with Gasteiger partial charge < -0.3 is 15.4 Å². The van der Waals surface area contributed by atoms with Crippen LogP contribution in [0.1, 0.15) is 20.7 Å². The number of ether oxygens (including phenoxy) is 1. The first-order valence-electron chi connectivity index (χ1n) is 7.33. The van der Waals surface area contributed by atoms with Gasteiger partial charge in [0.2, 0.25) is 0 Å². The molecule has 0 aliphatic carbocycles. The van der Waals surface area contributed by atoms with Crippen molar-refractivity contribution in [1.82, 2.24) is 10.3 Å². The zero-order valence-corrected chi connectivity index (χ0v) is 14.6. The van der Waals surface area contributed by atoms with Crippen molar-refractivity contribution in [3.05, 3.63) is 53.7 Å². The van der Waals surface area contributed by atoms with Crippen LogP contribution in [0.2, 0.25) is 0 Å². The summed E-state index contributed by atoms with van der Waals surface area (Å²) >= 11 is 1.32. The first kappa shape index (κ1) is 18.5. The first-order chi connectivity index (χ1) is 12.0. The highest BCUT2D eigenvalue weighted by atomic mass is 32.2. The van der Waals surface area contributed by atoms with Crippen molar-refractivity contribution in [2.24, 2.45) is 0 Å². The molecular weight excluding hydrogens is 342 g/mol. The molecule has 1 aromatic heterocycles. The van der Waals surface area contributed by atoms with E-state index in [0.29, 0.717) is 21.8 Å². The molecule has 0 saturated carbocycles. The fourth-order valence-electron chi connectivity index (χ4n) is 2.00. The molecule has 0 aliphatic heterocycles. The molecule has 0 atom stereocenters. The van der Waals surface area contributed by atoms with Gasteiger partial charge in [0.25, 0.3) is 11.8 Å². The average Bonchev–Trinajstić information content (AvgIpc) is 2.65. The summed E-state index contributed by atoms with van der Waals surface area (Å²) in [6, 6.07) is 9.66. The zero-order valence-electron chi connectivity index (χ0n) is 13.7. The number of pyridine rings is 1. The lowest BCUT2D eigenvalue weighted by Crippen LogP contribution is -2.22. The van der Waals surface area contributed by atoms with Gasteiger partial charge in [-0.05, 0) is 36.6 Å². The molecule has 0 spiro atoms. The van der Waals surface area contributed by atoms with Gasteiger partial charge in [0.1, 0.15) is 5.03 Å². The predicted molar refractivity (Wildman–Crippen MR) is 94.8 cm³/mol. The third kappa shape index (κ3) is 5.05. The van der Waals surface area contributed by atoms with Gasteiger partial charge >= 0.3 is 5.97 Å². The molecule has 130 valence electrons. The van der Waals surface area contributed by atoms with E-state index in [-0.39, 0.29) is 5.91 Å². The molecule has 0 radical (unpaired) electrons. The standard InChI is InChI=1S/C17H17N3O4S/c1-18-15(22)11-5-3-6-12(9-11)20-14(21)10-24-17(23)13-7-4-8-19-16(13)25-2/h3-9H,10H2,1-2H3,(H,18,22)(H,20,21). The van der Waals surface area contributed by atoms with Crippen molar-refractivity contribution >= 4 is 35.2 Å². The summed E-state index contributed by atoms with van der Waals surface area (Å²) in [6.07, 6.45) is 3.38. The molecule has 2 rings (SSSR count). The van der Waals surface area contributed by atoms with Crippen LogP contribution in [-0.2, 0) is 9.53 Å². The molecule has 8 heteroatoms. The maximum absolute atomic E-state index is 12.1. The van der Waals surface area contributed by atoms with Gasteiger partial charge in [-0.2, -0.15) is 0 Å². The summed E-state index contributed by atoms with van der Waals surface area (Å²) in [6.45, 7) is -0.439. The third-order valence-corrected chi connectivity index (χ3v) is 3.87. The van der Waals surface area contributed by atoms with Crippen LogP contribution in [0.4, 0.5) is 5.69 Å². The Morgan fingerprint density at radius 1 is 1.20 bits per heavy atom. The molecule has 0 aliphatic rings. The Hall–Kier alpha value is -2.87. The van der Waals surface area contributed by atoms with Crippen LogP contribution >= 0.6 is 11.8 Å². The van der Waals surface area contributed by atoms with Crippen molar-refractivity contribution in [3.63, 3.8) is 0 Å². The topological polar surface area (TPSA) is 97.4 Å². The number of nitrogens with zero attached hydrogens (tertiary/aromatic N) is 1. The average molecular weight is 359 g/mol. The van der Waals surface area contributed by atoms with E-state index in [1.807, 2.05) is 0 Å². The summed E-state index contributed by atoms with van der Waals surface area (Å²) in [7, 11) is 1.52. The van der Waals surface area contributed by atoms with Gasteiger partial charge in [0.05, 0.1) is 5.56 Å². The molecule has 7 nitrogen and oxygen atoms in total. The van der Waals surface area contributed by atoms with Crippen LogP contribution in [0.5, 0.6) is 0 Å². The second kappa shape index (κ2) is 8.84. The Kier molecular flexibility index (Phi) is 6.53. The number of amides is 2. The molecule has 0 saturated heterocycles. The van der Waals surface area contributed by atoms with E-state index >= 15 is 0 Å². The number of carbonyl (C=O) groups is 3. The number of hydrogen-bond donors (Lipinski definition) is 2. The number of thioether (sulfide) groups is 1. The number of hydrogen-bond acceptors (Lipinski definition) is 6. The van der Waals surface area contributed by atoms with Gasteiger partial charge in [-0.15, -0.1) is 11.8 Å². The van der Waals surface area contributed by atoms with E-state index in [1.54, 1.807) is 42.8 Å². The molecule has 1 aromatic carbocycles. The lowest BCUT2D eigenvalue weighted by Gasteiger charge is -2.09. The second-order valence-corrected chi connectivity index (χ2v) is 5.64. The Morgan fingerprint density at radius 3 is 2.72 bits per heavy atom. The molecule has 25 heavy (non-hydrogen) atoms. The highest BCUT2D eigenvalue weighted by Crippen LogP contribution is 2.17. The van der Waals surface area contributed by atoms with Gasteiger partial charge in [-0.25, -0.2) is 9.78 Å². The van der Waals surface area contributed by atoms with Gasteiger partial charge in [0.15, 0.2) is 6.61 Å². The van der Waals surface area contributed by atoms with Gasteiger partial charge in [-0.1, -0.05) is 6.07 Å². The normalized spacial score (nSPS) is 10.0. The molecular formula is C17H17N3O4S. The molecule has 1 heterocycles. The van der Waals surface area contributed by atoms with E-state index in [1.165, 1.54) is 24.9 Å². The first-order valence-corrected chi connectivity index (χ1v) is 8.55. The number of carbonyl (C=O) groups excluding carboxylic acids is 3. The van der Waals surface area contributed by atoms with Crippen LogP contribution in [-0.4, -0.2) is 42.7 Å². The number of aromatic nitrogens is 1. The maximum Gasteiger partial charge on any atom is 0.341 e. The number of esters is 1. The van der Waals surface area contributed by atoms with Crippen molar-refractivity contribution in [2.75, 3.05) is 25.2 Å². The van der Waals surface area contributed by atoms with Crippen molar-refractivity contribution in [1.29, 1.82) is 0 Å². The van der Waals surface area contributed by atoms with E-state index in [2.05, 4.69) is 15.6 Å². The Labute approximate surface area is 149 Å². The number of rotatable bonds is 6. The SMILES string of the molecule is CNC(=O)c1cccc(NC(=O)COC(=O)c2cccnc2SC)c1. The summed E-state index contributed by atoms with van der Waals surface area (Å²) in [4.78, 5) is 39.7. The smallest absolute Gasteiger partial charge is 0.341 e. The molecule has 2 aromatic rings. The van der Waals surface area contributed by atoms with Crippen LogP contribution in [0.25, 0.3) is 0 Å². The summed E-state index contributed by atoms with van der Waals surface area (Å²) in [5.74, 6) is -1.38. The highest BCUT2D eigenvalue weighted by molar-refractivity contribution is 7.98. The zero-order chi connectivity index (χ0) is 18.2. The van der Waals surface area contributed by atoms with E-state index in [9.17, 15) is 14.4 Å². The van der Waals surface area contributed by atoms with Crippen LogP contribution in [0.3, 0.4) is 0 Å². The maximum atomic E-state index is 12.1. The largest absolute Gasteiger partial charge is 0.452 e. The van der Waals surface area contributed by atoms with Crippen molar-refractivity contribution in [2.45, 2.75) is 5.03 Å². The summed E-state index contributed by atoms with van der Waals surface area (Å²) in [5, 5.41) is 5.62. The fraction of sp³-hybridized carbons (Fsp3) is 0.176. The minimum absolute atomic E-state index is 0.260. The fourth-order valence-corrected chi connectivity index (χ4v) is 2.53. The lowest BCUT2D eigenvalue weighted by atomic mass is 10.2. The summed E-state index contributed by atoms with van der Waals surface area (Å²) in [5.41, 5.74) is 1.16. The number of anilines is 1. The van der Waals surface area contributed by atoms with E-state index in [0.717, 1.165) is 0 Å². The van der Waals surface area contributed by atoms with Crippen LogP contribution < -0.4 is 10.6 Å². The van der Waals surface area contributed by atoms with Gasteiger partial charge in [-0.3, -0.25) is 9.59 Å². The molecule has 0 unspecified atom stereocenters. The Bertz CT molecular complexity index is 795. The monoisotopic (exact) mass is 359 g/mol. The van der Waals surface area contributed by atoms with Crippen molar-refractivity contribution < 1.29 is 19.1 Å². The molecule has 2 N–H and O–H groups in total. The second-order valence-electron chi connectivity index (χ2n) is 4.84. The summed E-state index contributed by atoms with van der Waals surface area (Å²) < 4.78 is 5.02. The van der Waals surface area contributed by atoms with Crippen LogP contribution in [0.15, 0.2) is 47.6 Å². The molecule has 0 fully saturated rings. The van der Waals surface area contributed by atoms with Gasteiger partial charge in [0, 0.05) is 24.5 Å². The Balaban J connectivity index is 1.95. The number of benzene rings is 1. The quantitative estimate of drug-likeness (QED) is 0.604. The third-order valence-electron chi connectivity index (χ3n) is 3.15.